The third-order valence-corrected chi connectivity index (χ3v) is 4.00. The molecule has 22 heavy (non-hydrogen) atoms. The lowest BCUT2D eigenvalue weighted by Gasteiger charge is -2.28. The summed E-state index contributed by atoms with van der Waals surface area (Å²) < 4.78 is 10.7. The van der Waals surface area contributed by atoms with Crippen LogP contribution in [-0.4, -0.2) is 30.2 Å². The van der Waals surface area contributed by atoms with Gasteiger partial charge in [0.1, 0.15) is 18.2 Å². The van der Waals surface area contributed by atoms with E-state index >= 15 is 0 Å². The summed E-state index contributed by atoms with van der Waals surface area (Å²) in [5, 5.41) is 0. The molecule has 0 bridgehead atoms. The van der Waals surface area contributed by atoms with Crippen LogP contribution in [0.2, 0.25) is 0 Å². The molecule has 0 heterocycles. The molecule has 0 saturated carbocycles. The molecular weight excluding hydrogens is 282 g/mol. The number of nitrogens with two attached hydrogens (primary N) is 1. The van der Waals surface area contributed by atoms with Crippen LogP contribution in [-0.2, 0) is 19.1 Å². The lowest BCUT2D eigenvalue weighted by Crippen LogP contribution is -2.38. The minimum atomic E-state index is -0.803. The summed E-state index contributed by atoms with van der Waals surface area (Å²) in [7, 11) is 0. The maximum atomic E-state index is 11.9. The Morgan fingerprint density at radius 1 is 0.909 bits per heavy atom. The average molecular weight is 315 g/mol. The number of hydrogen-bond acceptors (Lipinski definition) is 5. The van der Waals surface area contributed by atoms with Crippen molar-refractivity contribution in [2.45, 2.75) is 86.5 Å². The summed E-state index contributed by atoms with van der Waals surface area (Å²) in [5.41, 5.74) is 5.54. The second-order valence-electron chi connectivity index (χ2n) is 8.09. The van der Waals surface area contributed by atoms with Crippen LogP contribution >= 0.6 is 0 Å². The van der Waals surface area contributed by atoms with Gasteiger partial charge in [0.25, 0.3) is 0 Å². The summed E-state index contributed by atoms with van der Waals surface area (Å²) in [4.78, 5) is 23.7. The Morgan fingerprint density at radius 3 is 1.73 bits per heavy atom. The smallest absolute Gasteiger partial charge is 0.323 e. The van der Waals surface area contributed by atoms with E-state index in [2.05, 4.69) is 0 Å². The highest BCUT2D eigenvalue weighted by molar-refractivity contribution is 5.77. The fraction of sp³-hybridized carbons (Fsp3) is 0.882. The van der Waals surface area contributed by atoms with Gasteiger partial charge in [0.15, 0.2) is 0 Å². The topological polar surface area (TPSA) is 78.6 Å². The maximum absolute atomic E-state index is 11.9. The molecular formula is C17H33NO4. The molecule has 5 nitrogen and oxygen atoms in total. The molecule has 0 rings (SSSR count). The van der Waals surface area contributed by atoms with Gasteiger partial charge >= 0.3 is 11.9 Å². The Morgan fingerprint density at radius 2 is 1.32 bits per heavy atom. The van der Waals surface area contributed by atoms with Crippen molar-refractivity contribution < 1.29 is 19.1 Å². The van der Waals surface area contributed by atoms with Gasteiger partial charge in [-0.1, -0.05) is 41.5 Å². The van der Waals surface area contributed by atoms with Gasteiger partial charge in [-0.2, -0.15) is 0 Å². The van der Waals surface area contributed by atoms with E-state index in [-0.39, 0.29) is 41.8 Å². The molecule has 0 aromatic carbocycles. The van der Waals surface area contributed by atoms with Gasteiger partial charge < -0.3 is 15.2 Å². The van der Waals surface area contributed by atoms with Crippen LogP contribution in [0.5, 0.6) is 0 Å². The van der Waals surface area contributed by atoms with Gasteiger partial charge in [0, 0.05) is 6.42 Å². The molecule has 0 aliphatic rings. The first-order valence-electron chi connectivity index (χ1n) is 7.90. The quantitative estimate of drug-likeness (QED) is 0.762. The first-order chi connectivity index (χ1) is 9.75. The van der Waals surface area contributed by atoms with E-state index in [1.807, 2.05) is 55.4 Å². The van der Waals surface area contributed by atoms with Crippen LogP contribution in [0.15, 0.2) is 0 Å². The van der Waals surface area contributed by atoms with Gasteiger partial charge in [-0.25, -0.2) is 0 Å². The molecule has 0 saturated heterocycles. The van der Waals surface area contributed by atoms with Gasteiger partial charge in [-0.05, 0) is 31.1 Å². The Hall–Kier alpha value is -1.10. The zero-order valence-electron chi connectivity index (χ0n) is 15.4. The third kappa shape index (κ3) is 7.78. The van der Waals surface area contributed by atoms with Crippen LogP contribution in [0, 0.1) is 10.8 Å². The molecule has 0 amide bonds. The molecule has 0 spiro atoms. The lowest BCUT2D eigenvalue weighted by molar-refractivity contribution is -0.156. The van der Waals surface area contributed by atoms with Gasteiger partial charge in [-0.3, -0.25) is 9.59 Å². The number of carbonyl (C=O) groups is 2. The zero-order valence-corrected chi connectivity index (χ0v) is 15.4. The van der Waals surface area contributed by atoms with Crippen LogP contribution in [0.4, 0.5) is 0 Å². The minimum Gasteiger partial charge on any atom is -0.462 e. The van der Waals surface area contributed by atoms with Crippen molar-refractivity contribution in [2.24, 2.45) is 16.6 Å². The van der Waals surface area contributed by atoms with Crippen molar-refractivity contribution in [2.75, 3.05) is 0 Å². The maximum Gasteiger partial charge on any atom is 0.323 e. The predicted molar refractivity (Wildman–Crippen MR) is 87.2 cm³/mol. The van der Waals surface area contributed by atoms with E-state index in [0.717, 1.165) is 0 Å². The fourth-order valence-electron chi connectivity index (χ4n) is 1.26. The van der Waals surface area contributed by atoms with E-state index in [0.29, 0.717) is 0 Å². The first-order valence-corrected chi connectivity index (χ1v) is 7.90. The molecule has 0 fully saturated rings. The second kappa shape index (κ2) is 7.95. The van der Waals surface area contributed by atoms with Crippen LogP contribution in [0.25, 0.3) is 0 Å². The first kappa shape index (κ1) is 20.9. The molecule has 2 N–H and O–H groups in total. The molecule has 0 radical (unpaired) electrons. The number of carbonyl (C=O) groups excluding carboxylic acids is 2. The lowest BCUT2D eigenvalue weighted by atomic mass is 9.90. The van der Waals surface area contributed by atoms with Crippen molar-refractivity contribution in [1.82, 2.24) is 0 Å². The second-order valence-corrected chi connectivity index (χ2v) is 8.09. The summed E-state index contributed by atoms with van der Waals surface area (Å²) >= 11 is 0. The zero-order chi connectivity index (χ0) is 17.7. The minimum absolute atomic E-state index is 0.112. The largest absolute Gasteiger partial charge is 0.462 e. The standard InChI is InChI=1S/C17H33NO4/c1-11(16(3,4)5)21-14(19)10-9-13(18)15(20)22-12(2)17(6,7)8/h11-13H,9-10,18H2,1-8H3/t11-,12-,13-/m0/s1. The van der Waals surface area contributed by atoms with E-state index in [4.69, 9.17) is 15.2 Å². The summed E-state index contributed by atoms with van der Waals surface area (Å²) in [5.74, 6) is -0.811. The van der Waals surface area contributed by atoms with Crippen molar-refractivity contribution in [1.29, 1.82) is 0 Å². The molecule has 130 valence electrons. The number of ether oxygens (including phenoxy) is 2. The van der Waals surface area contributed by atoms with Crippen molar-refractivity contribution in [3.63, 3.8) is 0 Å². The molecule has 0 aliphatic carbocycles. The van der Waals surface area contributed by atoms with Gasteiger partial charge in [0.05, 0.1) is 0 Å². The van der Waals surface area contributed by atoms with Crippen molar-refractivity contribution in [3.8, 4) is 0 Å². The highest BCUT2D eigenvalue weighted by Gasteiger charge is 2.27. The van der Waals surface area contributed by atoms with Gasteiger partial charge in [0.2, 0.25) is 0 Å². The average Bonchev–Trinajstić information content (AvgIpc) is 2.33. The molecule has 3 atom stereocenters. The monoisotopic (exact) mass is 315 g/mol. The summed E-state index contributed by atoms with van der Waals surface area (Å²) in [6.45, 7) is 15.7. The highest BCUT2D eigenvalue weighted by atomic mass is 16.5. The Bertz CT molecular complexity index is 379. The molecule has 0 aliphatic heterocycles. The van der Waals surface area contributed by atoms with Crippen LogP contribution in [0.1, 0.15) is 68.2 Å². The summed E-state index contributed by atoms with van der Waals surface area (Å²) in [6, 6.07) is -0.803. The Labute approximate surface area is 134 Å². The normalized spacial score (nSPS) is 16.6. The molecule has 0 aromatic rings. The Balaban J connectivity index is 4.25. The van der Waals surface area contributed by atoms with E-state index in [9.17, 15) is 9.59 Å². The van der Waals surface area contributed by atoms with E-state index in [1.54, 1.807) is 0 Å². The number of rotatable bonds is 6. The fourth-order valence-corrected chi connectivity index (χ4v) is 1.26. The van der Waals surface area contributed by atoms with Crippen molar-refractivity contribution in [3.05, 3.63) is 0 Å². The van der Waals surface area contributed by atoms with Gasteiger partial charge in [-0.15, -0.1) is 0 Å². The number of hydrogen-bond donors (Lipinski definition) is 1. The van der Waals surface area contributed by atoms with Crippen LogP contribution in [0.3, 0.4) is 0 Å². The van der Waals surface area contributed by atoms with E-state index in [1.165, 1.54) is 0 Å². The Kier molecular flexibility index (Phi) is 7.55. The summed E-state index contributed by atoms with van der Waals surface area (Å²) in [6.07, 6.45) is -0.0885. The van der Waals surface area contributed by atoms with E-state index < -0.39 is 12.0 Å². The van der Waals surface area contributed by atoms with Crippen LogP contribution < -0.4 is 5.73 Å². The van der Waals surface area contributed by atoms with Crippen molar-refractivity contribution >= 4 is 11.9 Å². The number of esters is 2. The predicted octanol–water partition coefficient (Wildman–Crippen LogP) is 3.05. The highest BCUT2D eigenvalue weighted by Crippen LogP contribution is 2.23. The molecule has 5 heteroatoms. The molecule has 0 aromatic heterocycles. The SMILES string of the molecule is C[C@H](OC(=O)CC[C@H](N)C(=O)O[C@@H](C)C(C)(C)C)C(C)(C)C. The molecule has 0 unspecified atom stereocenters. The third-order valence-electron chi connectivity index (χ3n) is 4.00.